The molecule has 0 saturated carbocycles. The topological polar surface area (TPSA) is 65.7 Å². The zero-order valence-electron chi connectivity index (χ0n) is 19.1. The quantitative estimate of drug-likeness (QED) is 0.258. The molecule has 6 aromatic rings. The number of rotatable bonds is 6. The number of hydrogen-bond donors (Lipinski definition) is 0. The first kappa shape index (κ1) is 21.9. The van der Waals surface area contributed by atoms with Gasteiger partial charge in [0.25, 0.3) is 0 Å². The molecule has 0 fully saturated rings. The number of ether oxygens (including phenoxy) is 1. The van der Waals surface area contributed by atoms with Crippen LogP contribution in [0.15, 0.2) is 109 Å². The van der Waals surface area contributed by atoms with Crippen molar-refractivity contribution in [2.75, 3.05) is 0 Å². The van der Waals surface area contributed by atoms with Crippen molar-refractivity contribution >= 4 is 22.5 Å². The van der Waals surface area contributed by atoms with Crippen LogP contribution >= 0.6 is 11.6 Å². The highest BCUT2D eigenvalue weighted by atomic mass is 35.5. The normalized spacial score (nSPS) is 11.0. The Kier molecular flexibility index (Phi) is 5.85. The van der Waals surface area contributed by atoms with E-state index in [0.717, 1.165) is 33.4 Å². The molecule has 0 aliphatic carbocycles. The minimum Gasteiger partial charge on any atom is -0.486 e. The van der Waals surface area contributed by atoms with E-state index in [0.29, 0.717) is 22.3 Å². The van der Waals surface area contributed by atoms with Gasteiger partial charge in [0.2, 0.25) is 0 Å². The number of benzene rings is 4. The van der Waals surface area contributed by atoms with Gasteiger partial charge in [0, 0.05) is 16.0 Å². The van der Waals surface area contributed by atoms with Gasteiger partial charge in [-0.3, -0.25) is 0 Å². The average Bonchev–Trinajstić information content (AvgIpc) is 3.41. The van der Waals surface area contributed by atoms with E-state index in [1.165, 1.54) is 0 Å². The number of aromatic nitrogens is 5. The Morgan fingerprint density at radius 1 is 0.750 bits per heavy atom. The van der Waals surface area contributed by atoms with Gasteiger partial charge < -0.3 is 4.74 Å². The summed E-state index contributed by atoms with van der Waals surface area (Å²) >= 11 is 5.99. The van der Waals surface area contributed by atoms with E-state index in [1.54, 1.807) is 4.68 Å². The fraction of sp³-hybridized carbons (Fsp3) is 0.0345. The van der Waals surface area contributed by atoms with Crippen LogP contribution in [-0.4, -0.2) is 25.0 Å². The Balaban J connectivity index is 1.33. The molecule has 6 nitrogen and oxygen atoms in total. The van der Waals surface area contributed by atoms with Crippen LogP contribution < -0.4 is 4.74 Å². The van der Waals surface area contributed by atoms with Gasteiger partial charge in [0.05, 0.1) is 28.7 Å². The second kappa shape index (κ2) is 9.60. The molecule has 0 saturated heterocycles. The number of halogens is 1. The highest BCUT2D eigenvalue weighted by molar-refractivity contribution is 6.30. The molecular weight excluding hydrogens is 470 g/mol. The smallest absolute Gasteiger partial charge is 0.164 e. The Morgan fingerprint density at radius 3 is 2.36 bits per heavy atom. The summed E-state index contributed by atoms with van der Waals surface area (Å²) < 4.78 is 7.88. The van der Waals surface area contributed by atoms with E-state index >= 15 is 0 Å². The maximum Gasteiger partial charge on any atom is 0.164 e. The summed E-state index contributed by atoms with van der Waals surface area (Å²) in [5.41, 5.74) is 5.18. The zero-order valence-corrected chi connectivity index (χ0v) is 19.9. The van der Waals surface area contributed by atoms with E-state index in [9.17, 15) is 0 Å². The number of nitrogens with zero attached hydrogens (tertiary/aromatic N) is 5. The summed E-state index contributed by atoms with van der Waals surface area (Å²) in [6.07, 6.45) is 1.84. The van der Waals surface area contributed by atoms with Gasteiger partial charge in [-0.2, -0.15) is 0 Å². The van der Waals surface area contributed by atoms with E-state index < -0.39 is 0 Å². The van der Waals surface area contributed by atoms with Crippen molar-refractivity contribution in [2.45, 2.75) is 6.61 Å². The lowest BCUT2D eigenvalue weighted by Gasteiger charge is -2.12. The van der Waals surface area contributed by atoms with Crippen LogP contribution in [0, 0.1) is 0 Å². The van der Waals surface area contributed by atoms with Crippen molar-refractivity contribution in [1.82, 2.24) is 25.0 Å². The summed E-state index contributed by atoms with van der Waals surface area (Å²) in [5.74, 6) is 1.28. The third-order valence-electron chi connectivity index (χ3n) is 5.79. The Morgan fingerprint density at radius 2 is 1.50 bits per heavy atom. The highest BCUT2D eigenvalue weighted by Gasteiger charge is 2.15. The van der Waals surface area contributed by atoms with Gasteiger partial charge in [-0.25, -0.2) is 14.6 Å². The number of para-hydroxylation sites is 2. The fourth-order valence-corrected chi connectivity index (χ4v) is 4.15. The fourth-order valence-electron chi connectivity index (χ4n) is 4.03. The second-order valence-corrected chi connectivity index (χ2v) is 8.63. The van der Waals surface area contributed by atoms with E-state index in [1.807, 2.05) is 97.2 Å². The maximum absolute atomic E-state index is 6.19. The first-order chi connectivity index (χ1) is 17.7. The molecule has 4 aromatic carbocycles. The monoisotopic (exact) mass is 489 g/mol. The molecule has 7 heteroatoms. The number of hydrogen-bond acceptors (Lipinski definition) is 5. The second-order valence-electron chi connectivity index (χ2n) is 8.19. The molecule has 36 heavy (non-hydrogen) atoms. The summed E-state index contributed by atoms with van der Waals surface area (Å²) in [6.45, 7) is 0.254. The molecule has 2 heterocycles. The number of fused-ring (bicyclic) bond motifs is 1. The van der Waals surface area contributed by atoms with Gasteiger partial charge in [-0.15, -0.1) is 5.10 Å². The van der Waals surface area contributed by atoms with Crippen molar-refractivity contribution in [1.29, 1.82) is 0 Å². The first-order valence-corrected chi connectivity index (χ1v) is 11.8. The molecule has 6 rings (SSSR count). The lowest BCUT2D eigenvalue weighted by Crippen LogP contribution is -2.00. The minimum atomic E-state index is 0.254. The third kappa shape index (κ3) is 4.42. The van der Waals surface area contributed by atoms with Gasteiger partial charge >= 0.3 is 0 Å². The summed E-state index contributed by atoms with van der Waals surface area (Å²) in [6, 6.07) is 33.4. The highest BCUT2D eigenvalue weighted by Crippen LogP contribution is 2.33. The maximum atomic E-state index is 6.19. The van der Waals surface area contributed by atoms with Crippen LogP contribution in [0.5, 0.6) is 5.75 Å². The predicted molar refractivity (Wildman–Crippen MR) is 141 cm³/mol. The third-order valence-corrected chi connectivity index (χ3v) is 6.04. The largest absolute Gasteiger partial charge is 0.486 e. The zero-order chi connectivity index (χ0) is 24.3. The Bertz CT molecular complexity index is 1650. The molecule has 174 valence electrons. The molecule has 0 amide bonds. The molecule has 0 aliphatic heterocycles. The lowest BCUT2D eigenvalue weighted by atomic mass is 10.1. The first-order valence-electron chi connectivity index (χ1n) is 11.5. The van der Waals surface area contributed by atoms with E-state index in [4.69, 9.17) is 26.3 Å². The van der Waals surface area contributed by atoms with Gasteiger partial charge in [0.15, 0.2) is 5.82 Å². The molecular formula is C29H20ClN5O. The molecule has 0 radical (unpaired) electrons. The van der Waals surface area contributed by atoms with Gasteiger partial charge in [0.1, 0.15) is 18.1 Å². The molecule has 2 aromatic heterocycles. The van der Waals surface area contributed by atoms with E-state index in [-0.39, 0.29) is 6.61 Å². The van der Waals surface area contributed by atoms with Crippen molar-refractivity contribution in [3.05, 3.63) is 120 Å². The van der Waals surface area contributed by atoms with Gasteiger partial charge in [-0.05, 0) is 42.5 Å². The molecule has 0 unspecified atom stereocenters. The van der Waals surface area contributed by atoms with Crippen LogP contribution in [0.3, 0.4) is 0 Å². The summed E-state index contributed by atoms with van der Waals surface area (Å²) in [4.78, 5) is 9.84. The van der Waals surface area contributed by atoms with Gasteiger partial charge in [-0.1, -0.05) is 77.5 Å². The standard InChI is InChI=1S/C29H20ClN5O/c30-21-14-16-23(17-15-21)35-18-22(33-34-35)19-36-27-13-7-5-11-25(27)29-31-26-12-6-4-10-24(26)28(32-29)20-8-2-1-3-9-20/h1-18H,19H2. The van der Waals surface area contributed by atoms with Crippen molar-refractivity contribution in [3.8, 4) is 34.1 Å². The predicted octanol–water partition coefficient (Wildman–Crippen LogP) is 6.78. The summed E-state index contributed by atoms with van der Waals surface area (Å²) in [5, 5.41) is 10.1. The lowest BCUT2D eigenvalue weighted by molar-refractivity contribution is 0.302. The molecule has 0 spiro atoms. The molecule has 0 atom stereocenters. The average molecular weight is 490 g/mol. The van der Waals surface area contributed by atoms with Crippen LogP contribution in [0.4, 0.5) is 0 Å². The SMILES string of the molecule is Clc1ccc(-n2cc(COc3ccccc3-c3nc(-c4ccccc4)c4ccccc4n3)nn2)cc1. The van der Waals surface area contributed by atoms with Crippen molar-refractivity contribution < 1.29 is 4.74 Å². The van der Waals surface area contributed by atoms with Crippen LogP contribution in [-0.2, 0) is 6.61 Å². The van der Waals surface area contributed by atoms with Crippen LogP contribution in [0.1, 0.15) is 5.69 Å². The molecule has 0 bridgehead atoms. The Hall–Kier alpha value is -4.55. The molecule has 0 N–H and O–H groups in total. The van der Waals surface area contributed by atoms with Crippen molar-refractivity contribution in [3.63, 3.8) is 0 Å². The molecule has 0 aliphatic rings. The Labute approximate surface area is 212 Å². The van der Waals surface area contributed by atoms with Crippen molar-refractivity contribution in [2.24, 2.45) is 0 Å². The van der Waals surface area contributed by atoms with Crippen LogP contribution in [0.2, 0.25) is 5.02 Å². The summed E-state index contributed by atoms with van der Waals surface area (Å²) in [7, 11) is 0. The minimum absolute atomic E-state index is 0.254. The van der Waals surface area contributed by atoms with Crippen LogP contribution in [0.25, 0.3) is 39.2 Å². The van der Waals surface area contributed by atoms with E-state index in [2.05, 4.69) is 22.4 Å².